The topological polar surface area (TPSA) is 38.8 Å². The van der Waals surface area contributed by atoms with E-state index in [4.69, 9.17) is 44.9 Å². The number of rotatable bonds is 6. The van der Waals surface area contributed by atoms with Crippen LogP contribution in [0, 0.1) is 5.82 Å². The molecule has 1 aliphatic heterocycles. The average molecular weight is 599 g/mol. The van der Waals surface area contributed by atoms with Crippen molar-refractivity contribution in [2.75, 3.05) is 12.0 Å². The first-order chi connectivity index (χ1) is 16.3. The first kappa shape index (κ1) is 25.0. The van der Waals surface area contributed by atoms with Gasteiger partial charge in [-0.15, -0.1) is 0 Å². The van der Waals surface area contributed by atoms with Crippen LogP contribution in [0.4, 0.5) is 10.1 Å². The summed E-state index contributed by atoms with van der Waals surface area (Å²) in [6.45, 7) is -0.0856. The third-order valence-corrected chi connectivity index (χ3v) is 7.76. The van der Waals surface area contributed by atoms with Crippen LogP contribution in [0.3, 0.4) is 0 Å². The maximum atomic E-state index is 14.1. The van der Waals surface area contributed by atoms with Crippen molar-refractivity contribution in [2.24, 2.45) is 0 Å². The minimum atomic E-state index is -0.459. The molecule has 10 heteroatoms. The molecular weight excluding hydrogens is 584 g/mol. The normalized spacial score (nSPS) is 14.7. The van der Waals surface area contributed by atoms with Gasteiger partial charge in [0.05, 0.1) is 27.7 Å². The first-order valence-corrected chi connectivity index (χ1v) is 12.5. The van der Waals surface area contributed by atoms with E-state index in [2.05, 4.69) is 15.9 Å². The number of thiocarbonyl (C=S) groups is 1. The van der Waals surface area contributed by atoms with Crippen molar-refractivity contribution < 1.29 is 18.7 Å². The second-order valence-corrected chi connectivity index (χ2v) is 10.4. The van der Waals surface area contributed by atoms with Crippen molar-refractivity contribution in [3.63, 3.8) is 0 Å². The summed E-state index contributed by atoms with van der Waals surface area (Å²) in [5.41, 5.74) is 1.51. The zero-order valence-corrected chi connectivity index (χ0v) is 22.2. The fraction of sp³-hybridized carbons (Fsp3) is 0.0833. The summed E-state index contributed by atoms with van der Waals surface area (Å²) in [5, 5.41) is 0.745. The molecule has 174 valence electrons. The van der Waals surface area contributed by atoms with Crippen LogP contribution in [0.25, 0.3) is 6.08 Å². The quantitative estimate of drug-likeness (QED) is 0.213. The molecule has 0 saturated carbocycles. The van der Waals surface area contributed by atoms with Crippen LogP contribution in [0.5, 0.6) is 11.5 Å². The number of amides is 1. The molecule has 1 saturated heterocycles. The Labute approximate surface area is 223 Å². The van der Waals surface area contributed by atoms with Crippen LogP contribution >= 0.6 is 63.1 Å². The zero-order valence-electron chi connectivity index (χ0n) is 17.5. The SMILES string of the molecule is COc1ccc(/C=C2/SC(=S)N(c3ccc(Br)c(Cl)c3)C2=O)cc1OCc1c(F)cccc1Cl. The number of benzene rings is 3. The Balaban J connectivity index is 1.59. The predicted octanol–water partition coefficient (Wildman–Crippen LogP) is 7.89. The van der Waals surface area contributed by atoms with E-state index in [-0.39, 0.29) is 23.1 Å². The Morgan fingerprint density at radius 2 is 1.91 bits per heavy atom. The van der Waals surface area contributed by atoms with Crippen LogP contribution in [0.1, 0.15) is 11.1 Å². The zero-order chi connectivity index (χ0) is 24.4. The van der Waals surface area contributed by atoms with Crippen LogP contribution in [0.2, 0.25) is 10.0 Å². The molecule has 3 aromatic carbocycles. The molecule has 0 N–H and O–H groups in total. The molecule has 0 spiro atoms. The largest absolute Gasteiger partial charge is 0.493 e. The van der Waals surface area contributed by atoms with E-state index >= 15 is 0 Å². The van der Waals surface area contributed by atoms with E-state index in [1.807, 2.05) is 0 Å². The lowest BCUT2D eigenvalue weighted by Crippen LogP contribution is -2.27. The first-order valence-electron chi connectivity index (χ1n) is 9.75. The van der Waals surface area contributed by atoms with Gasteiger partial charge in [0.15, 0.2) is 15.8 Å². The average Bonchev–Trinajstić information content (AvgIpc) is 3.08. The number of hydrogen-bond donors (Lipinski definition) is 0. The van der Waals surface area contributed by atoms with Gasteiger partial charge in [0.2, 0.25) is 0 Å². The van der Waals surface area contributed by atoms with Crippen LogP contribution in [-0.4, -0.2) is 17.3 Å². The fourth-order valence-corrected chi connectivity index (χ4v) is 5.12. The summed E-state index contributed by atoms with van der Waals surface area (Å²) in [5.74, 6) is 0.122. The number of anilines is 1. The van der Waals surface area contributed by atoms with Gasteiger partial charge in [-0.25, -0.2) is 4.39 Å². The van der Waals surface area contributed by atoms with E-state index in [0.717, 1.165) is 4.47 Å². The van der Waals surface area contributed by atoms with E-state index < -0.39 is 5.82 Å². The van der Waals surface area contributed by atoms with Crippen LogP contribution in [-0.2, 0) is 11.4 Å². The summed E-state index contributed by atoms with van der Waals surface area (Å²) in [6, 6.07) is 14.8. The smallest absolute Gasteiger partial charge is 0.270 e. The molecule has 4 nitrogen and oxygen atoms in total. The van der Waals surface area contributed by atoms with Crippen molar-refractivity contribution in [3.8, 4) is 11.5 Å². The summed E-state index contributed by atoms with van der Waals surface area (Å²) in [6.07, 6.45) is 1.71. The summed E-state index contributed by atoms with van der Waals surface area (Å²) in [7, 11) is 1.51. The van der Waals surface area contributed by atoms with E-state index in [1.54, 1.807) is 48.5 Å². The van der Waals surface area contributed by atoms with Gasteiger partial charge in [0, 0.05) is 10.0 Å². The molecule has 0 aromatic heterocycles. The molecule has 3 aromatic rings. The Morgan fingerprint density at radius 3 is 2.62 bits per heavy atom. The lowest BCUT2D eigenvalue weighted by Gasteiger charge is -2.15. The number of carbonyl (C=O) groups is 1. The number of hydrogen-bond acceptors (Lipinski definition) is 5. The molecule has 0 radical (unpaired) electrons. The highest BCUT2D eigenvalue weighted by Crippen LogP contribution is 2.39. The standard InChI is InChI=1S/C24H15BrCl2FNO3S2/c1-31-20-8-5-13(9-21(20)32-12-15-17(26)3-2-4-19(15)28)10-22-23(30)29(24(33)34-22)14-6-7-16(25)18(27)11-14/h2-11H,12H2,1H3/b22-10+. The molecule has 1 fully saturated rings. The Morgan fingerprint density at radius 1 is 1.12 bits per heavy atom. The summed E-state index contributed by atoms with van der Waals surface area (Å²) < 4.78 is 26.4. The molecular formula is C24H15BrCl2FNO3S2. The summed E-state index contributed by atoms with van der Waals surface area (Å²) in [4.78, 5) is 15.0. The van der Waals surface area contributed by atoms with Gasteiger partial charge >= 0.3 is 0 Å². The van der Waals surface area contributed by atoms with E-state index in [9.17, 15) is 9.18 Å². The maximum absolute atomic E-state index is 14.1. The second kappa shape index (κ2) is 10.7. The third-order valence-electron chi connectivity index (χ3n) is 4.87. The number of carbonyl (C=O) groups excluding carboxylic acids is 1. The molecule has 1 amide bonds. The fourth-order valence-electron chi connectivity index (χ4n) is 3.18. The van der Waals surface area contributed by atoms with Crippen molar-refractivity contribution in [2.45, 2.75) is 6.61 Å². The predicted molar refractivity (Wildman–Crippen MR) is 144 cm³/mol. The van der Waals surface area contributed by atoms with Crippen molar-refractivity contribution in [3.05, 3.63) is 91.0 Å². The van der Waals surface area contributed by atoms with Gasteiger partial charge in [-0.3, -0.25) is 9.69 Å². The number of nitrogens with zero attached hydrogens (tertiary/aromatic N) is 1. The molecule has 0 atom stereocenters. The van der Waals surface area contributed by atoms with Crippen LogP contribution < -0.4 is 14.4 Å². The highest BCUT2D eigenvalue weighted by atomic mass is 79.9. The molecule has 34 heavy (non-hydrogen) atoms. The maximum Gasteiger partial charge on any atom is 0.270 e. The minimum Gasteiger partial charge on any atom is -0.493 e. The number of ether oxygens (including phenoxy) is 2. The molecule has 0 aliphatic carbocycles. The van der Waals surface area contributed by atoms with Crippen molar-refractivity contribution in [1.29, 1.82) is 0 Å². The van der Waals surface area contributed by atoms with Gasteiger partial charge in [-0.1, -0.05) is 59.3 Å². The second-order valence-electron chi connectivity index (χ2n) is 7.01. The monoisotopic (exact) mass is 597 g/mol. The Bertz CT molecular complexity index is 1320. The van der Waals surface area contributed by atoms with Crippen molar-refractivity contribution in [1.82, 2.24) is 0 Å². The third kappa shape index (κ3) is 5.26. The highest BCUT2D eigenvalue weighted by Gasteiger charge is 2.33. The summed E-state index contributed by atoms with van der Waals surface area (Å²) >= 11 is 22.2. The molecule has 0 bridgehead atoms. The molecule has 1 aliphatic rings. The van der Waals surface area contributed by atoms with Crippen molar-refractivity contribution >= 4 is 85.1 Å². The Kier molecular flexibility index (Phi) is 7.84. The van der Waals surface area contributed by atoms with Crippen LogP contribution in [0.15, 0.2) is 64.0 Å². The Hall–Kier alpha value is -2.10. The molecule has 0 unspecified atom stereocenters. The molecule has 1 heterocycles. The van der Waals surface area contributed by atoms with Gasteiger partial charge in [0.1, 0.15) is 12.4 Å². The lowest BCUT2D eigenvalue weighted by atomic mass is 10.1. The van der Waals surface area contributed by atoms with Gasteiger partial charge in [-0.2, -0.15) is 0 Å². The van der Waals surface area contributed by atoms with E-state index in [1.165, 1.54) is 35.9 Å². The number of halogens is 4. The highest BCUT2D eigenvalue weighted by molar-refractivity contribution is 9.10. The molecule has 4 rings (SSSR count). The minimum absolute atomic E-state index is 0.0856. The lowest BCUT2D eigenvalue weighted by molar-refractivity contribution is -0.113. The van der Waals surface area contributed by atoms with Gasteiger partial charge in [-0.05, 0) is 70.0 Å². The van der Waals surface area contributed by atoms with E-state index in [0.29, 0.717) is 37.0 Å². The van der Waals surface area contributed by atoms with Gasteiger partial charge < -0.3 is 9.47 Å². The van der Waals surface area contributed by atoms with Gasteiger partial charge in [0.25, 0.3) is 5.91 Å². The number of thioether (sulfide) groups is 1. The number of methoxy groups -OCH3 is 1.